The molecule has 0 radical (unpaired) electrons. The number of aromatic nitrogens is 2. The van der Waals surface area contributed by atoms with E-state index in [1.54, 1.807) is 17.0 Å². The fourth-order valence-electron chi connectivity index (χ4n) is 3.34. The summed E-state index contributed by atoms with van der Waals surface area (Å²) in [6.07, 6.45) is -3.22. The van der Waals surface area contributed by atoms with Gasteiger partial charge in [0.2, 0.25) is 17.6 Å². The molecule has 2 aromatic rings. The Bertz CT molecular complexity index is 979. The zero-order valence-corrected chi connectivity index (χ0v) is 17.2. The van der Waals surface area contributed by atoms with E-state index >= 15 is 0 Å². The number of carbonyl (C=O) groups excluding carboxylic acids is 1. The second-order valence-corrected chi connectivity index (χ2v) is 9.39. The molecule has 1 aliphatic heterocycles. The summed E-state index contributed by atoms with van der Waals surface area (Å²) < 4.78 is 65.1. The average molecular weight is 445 g/mol. The Labute approximate surface area is 172 Å². The number of benzene rings is 1. The molecule has 2 heterocycles. The molecular formula is C19H22F3N3O4S. The SMILES string of the molecule is CS(=O)(=O)c1ccc(-c2noc(C3CCN(C(=O)CCCC(F)(F)F)CC3)n2)cc1. The minimum atomic E-state index is -4.24. The molecule has 11 heteroatoms. The molecule has 0 N–H and O–H groups in total. The van der Waals surface area contributed by atoms with Crippen molar-refractivity contribution in [3.8, 4) is 11.4 Å². The van der Waals surface area contributed by atoms with Crippen LogP contribution in [0.25, 0.3) is 11.4 Å². The highest BCUT2D eigenvalue weighted by atomic mass is 32.2. The van der Waals surface area contributed by atoms with Crippen LogP contribution in [-0.4, -0.2) is 54.9 Å². The van der Waals surface area contributed by atoms with E-state index in [1.807, 2.05) is 0 Å². The van der Waals surface area contributed by atoms with Crippen LogP contribution in [0.2, 0.25) is 0 Å². The number of hydrogen-bond acceptors (Lipinski definition) is 6. The van der Waals surface area contributed by atoms with Gasteiger partial charge in [0.05, 0.1) is 4.90 Å². The monoisotopic (exact) mass is 445 g/mol. The van der Waals surface area contributed by atoms with Crippen molar-refractivity contribution < 1.29 is 30.9 Å². The van der Waals surface area contributed by atoms with Gasteiger partial charge in [0.1, 0.15) is 0 Å². The molecule has 0 bridgehead atoms. The topological polar surface area (TPSA) is 93.4 Å². The van der Waals surface area contributed by atoms with E-state index in [9.17, 15) is 26.4 Å². The lowest BCUT2D eigenvalue weighted by Crippen LogP contribution is -2.38. The molecule has 7 nitrogen and oxygen atoms in total. The van der Waals surface area contributed by atoms with Gasteiger partial charge in [0, 0.05) is 43.7 Å². The van der Waals surface area contributed by atoms with Gasteiger partial charge >= 0.3 is 6.18 Å². The highest BCUT2D eigenvalue weighted by Gasteiger charge is 2.30. The molecule has 1 aliphatic rings. The largest absolute Gasteiger partial charge is 0.389 e. The number of nitrogens with zero attached hydrogens (tertiary/aromatic N) is 3. The zero-order valence-electron chi connectivity index (χ0n) is 16.4. The minimum Gasteiger partial charge on any atom is -0.343 e. The van der Waals surface area contributed by atoms with Crippen LogP contribution in [0.15, 0.2) is 33.7 Å². The van der Waals surface area contributed by atoms with Crippen LogP contribution in [0.3, 0.4) is 0 Å². The van der Waals surface area contributed by atoms with Gasteiger partial charge in [-0.3, -0.25) is 4.79 Å². The van der Waals surface area contributed by atoms with E-state index in [4.69, 9.17) is 4.52 Å². The molecule has 1 fully saturated rings. The van der Waals surface area contributed by atoms with Crippen molar-refractivity contribution in [2.24, 2.45) is 0 Å². The van der Waals surface area contributed by atoms with Crippen molar-refractivity contribution >= 4 is 15.7 Å². The first-order valence-electron chi connectivity index (χ1n) is 9.51. The van der Waals surface area contributed by atoms with E-state index in [1.165, 1.54) is 12.1 Å². The summed E-state index contributed by atoms with van der Waals surface area (Å²) in [7, 11) is -3.29. The maximum Gasteiger partial charge on any atom is 0.389 e. The molecular weight excluding hydrogens is 423 g/mol. The molecule has 1 amide bonds. The first kappa shape index (κ1) is 22.3. The lowest BCUT2D eigenvalue weighted by Gasteiger charge is -2.30. The van der Waals surface area contributed by atoms with Crippen molar-refractivity contribution in [2.45, 2.75) is 49.1 Å². The summed E-state index contributed by atoms with van der Waals surface area (Å²) in [4.78, 5) is 18.2. The van der Waals surface area contributed by atoms with Crippen LogP contribution in [0.1, 0.15) is 43.9 Å². The Kier molecular flexibility index (Phi) is 6.49. The number of likely N-dealkylation sites (tertiary alicyclic amines) is 1. The standard InChI is InChI=1S/C19H22F3N3O4S/c1-30(27,28)15-6-4-13(5-7-15)17-23-18(29-24-17)14-8-11-25(12-9-14)16(26)3-2-10-19(20,21)22/h4-7,14H,2-3,8-12H2,1H3. The summed E-state index contributed by atoms with van der Waals surface area (Å²) in [6.45, 7) is 0.854. The van der Waals surface area contributed by atoms with E-state index in [0.29, 0.717) is 43.2 Å². The number of halogens is 3. The summed E-state index contributed by atoms with van der Waals surface area (Å²) in [5.74, 6) is 0.465. The quantitative estimate of drug-likeness (QED) is 0.675. The van der Waals surface area contributed by atoms with E-state index in [-0.39, 0.29) is 29.6 Å². The van der Waals surface area contributed by atoms with Crippen LogP contribution in [0.5, 0.6) is 0 Å². The van der Waals surface area contributed by atoms with Crippen molar-refractivity contribution in [3.05, 3.63) is 30.2 Å². The average Bonchev–Trinajstić information content (AvgIpc) is 3.17. The molecule has 164 valence electrons. The highest BCUT2D eigenvalue weighted by Crippen LogP contribution is 2.29. The predicted molar refractivity (Wildman–Crippen MR) is 101 cm³/mol. The van der Waals surface area contributed by atoms with Gasteiger partial charge in [0.25, 0.3) is 0 Å². The first-order chi connectivity index (χ1) is 14.0. The van der Waals surface area contributed by atoms with Gasteiger partial charge in [-0.15, -0.1) is 0 Å². The third-order valence-corrected chi connectivity index (χ3v) is 6.16. The molecule has 0 atom stereocenters. The van der Waals surface area contributed by atoms with E-state index in [2.05, 4.69) is 10.1 Å². The van der Waals surface area contributed by atoms with E-state index in [0.717, 1.165) is 6.26 Å². The third-order valence-electron chi connectivity index (χ3n) is 5.03. The molecule has 0 saturated carbocycles. The number of sulfone groups is 1. The normalized spacial score (nSPS) is 16.1. The van der Waals surface area contributed by atoms with Crippen LogP contribution in [-0.2, 0) is 14.6 Å². The van der Waals surface area contributed by atoms with Crippen LogP contribution >= 0.6 is 0 Å². The lowest BCUT2D eigenvalue weighted by atomic mass is 9.96. The first-order valence-corrected chi connectivity index (χ1v) is 11.4. The summed E-state index contributed by atoms with van der Waals surface area (Å²) >= 11 is 0. The fraction of sp³-hybridized carbons (Fsp3) is 0.526. The minimum absolute atomic E-state index is 0.0410. The number of alkyl halides is 3. The third kappa shape index (κ3) is 5.80. The molecule has 3 rings (SSSR count). The predicted octanol–water partition coefficient (Wildman–Crippen LogP) is 3.58. The van der Waals surface area contributed by atoms with Crippen molar-refractivity contribution in [1.82, 2.24) is 15.0 Å². The molecule has 1 aromatic carbocycles. The molecule has 0 spiro atoms. The Hall–Kier alpha value is -2.43. The van der Waals surface area contributed by atoms with E-state index < -0.39 is 22.4 Å². The smallest absolute Gasteiger partial charge is 0.343 e. The van der Waals surface area contributed by atoms with Crippen LogP contribution in [0, 0.1) is 0 Å². The van der Waals surface area contributed by atoms with Crippen LogP contribution < -0.4 is 0 Å². The number of rotatable bonds is 6. The zero-order chi connectivity index (χ0) is 21.9. The number of amides is 1. The number of carbonyl (C=O) groups is 1. The summed E-state index contributed by atoms with van der Waals surface area (Å²) in [5, 5.41) is 3.95. The van der Waals surface area contributed by atoms with Gasteiger partial charge in [-0.1, -0.05) is 5.16 Å². The van der Waals surface area contributed by atoms with Crippen molar-refractivity contribution in [3.63, 3.8) is 0 Å². The summed E-state index contributed by atoms with van der Waals surface area (Å²) in [5.41, 5.74) is 0.620. The molecule has 30 heavy (non-hydrogen) atoms. The van der Waals surface area contributed by atoms with Gasteiger partial charge in [-0.05, 0) is 43.5 Å². The van der Waals surface area contributed by atoms with Crippen molar-refractivity contribution in [2.75, 3.05) is 19.3 Å². The second-order valence-electron chi connectivity index (χ2n) is 7.38. The van der Waals surface area contributed by atoms with Crippen molar-refractivity contribution in [1.29, 1.82) is 0 Å². The fourth-order valence-corrected chi connectivity index (χ4v) is 3.97. The number of piperidine rings is 1. The maximum atomic E-state index is 12.2. The Morgan fingerprint density at radius 2 is 1.83 bits per heavy atom. The van der Waals surface area contributed by atoms with Crippen LogP contribution in [0.4, 0.5) is 13.2 Å². The lowest BCUT2D eigenvalue weighted by molar-refractivity contribution is -0.140. The summed E-state index contributed by atoms with van der Waals surface area (Å²) in [6, 6.07) is 6.16. The maximum absolute atomic E-state index is 12.2. The van der Waals surface area contributed by atoms with Gasteiger partial charge in [-0.2, -0.15) is 18.2 Å². The molecule has 0 aliphatic carbocycles. The Balaban J connectivity index is 1.54. The molecule has 1 saturated heterocycles. The Morgan fingerprint density at radius 1 is 1.20 bits per heavy atom. The van der Waals surface area contributed by atoms with Gasteiger partial charge in [-0.25, -0.2) is 8.42 Å². The van der Waals surface area contributed by atoms with Gasteiger partial charge in [0.15, 0.2) is 9.84 Å². The molecule has 1 aromatic heterocycles. The molecule has 0 unspecified atom stereocenters. The Morgan fingerprint density at radius 3 is 2.40 bits per heavy atom. The number of hydrogen-bond donors (Lipinski definition) is 0. The highest BCUT2D eigenvalue weighted by molar-refractivity contribution is 7.90. The second kappa shape index (κ2) is 8.75. The van der Waals surface area contributed by atoms with Gasteiger partial charge < -0.3 is 9.42 Å².